The molecule has 0 spiro atoms. The van der Waals surface area contributed by atoms with E-state index in [-0.39, 0.29) is 6.03 Å². The fourth-order valence-corrected chi connectivity index (χ4v) is 4.01. The van der Waals surface area contributed by atoms with E-state index >= 15 is 0 Å². The standard InChI is InChI=1S/C21H33N3O/c1-16-7-11-23(12-8-16)15-19-9-13-24(14-10-19)21(25)22-20-6-4-5-17(2)18(20)3/h4-6,16,19H,7-15H2,1-3H3,(H,22,25). The number of hydrogen-bond donors (Lipinski definition) is 1. The maximum atomic E-state index is 12.6. The molecule has 2 fully saturated rings. The first kappa shape index (κ1) is 18.2. The second-order valence-corrected chi connectivity index (χ2v) is 8.09. The Morgan fingerprint density at radius 2 is 1.76 bits per heavy atom. The Kier molecular flexibility index (Phi) is 6.00. The van der Waals surface area contributed by atoms with Gasteiger partial charge in [0.2, 0.25) is 0 Å². The van der Waals surface area contributed by atoms with Crippen LogP contribution in [-0.4, -0.2) is 48.6 Å². The number of carbonyl (C=O) groups is 1. The summed E-state index contributed by atoms with van der Waals surface area (Å²) in [6.45, 7) is 12.0. The van der Waals surface area contributed by atoms with Gasteiger partial charge in [0.1, 0.15) is 0 Å². The molecule has 1 aromatic carbocycles. The van der Waals surface area contributed by atoms with E-state index in [1.165, 1.54) is 38.0 Å². The van der Waals surface area contributed by atoms with Crippen molar-refractivity contribution in [2.24, 2.45) is 11.8 Å². The molecule has 2 aliphatic rings. The molecule has 2 heterocycles. The number of amides is 2. The number of aryl methyl sites for hydroxylation is 1. The molecule has 4 nitrogen and oxygen atoms in total. The van der Waals surface area contributed by atoms with Crippen LogP contribution in [0.2, 0.25) is 0 Å². The van der Waals surface area contributed by atoms with Crippen LogP contribution in [0.1, 0.15) is 43.7 Å². The van der Waals surface area contributed by atoms with Crippen LogP contribution >= 0.6 is 0 Å². The Hall–Kier alpha value is -1.55. The first-order chi connectivity index (χ1) is 12.0. The highest BCUT2D eigenvalue weighted by Crippen LogP contribution is 2.24. The number of benzene rings is 1. The number of nitrogens with zero attached hydrogens (tertiary/aromatic N) is 2. The SMILES string of the molecule is Cc1cccc(NC(=O)N2CCC(CN3CCC(C)CC3)CC2)c1C. The molecule has 0 aromatic heterocycles. The van der Waals surface area contributed by atoms with Gasteiger partial charge >= 0.3 is 6.03 Å². The van der Waals surface area contributed by atoms with Gasteiger partial charge in [-0.05, 0) is 81.6 Å². The van der Waals surface area contributed by atoms with Gasteiger partial charge in [0.05, 0.1) is 0 Å². The lowest BCUT2D eigenvalue weighted by Crippen LogP contribution is -2.44. The molecule has 138 valence electrons. The molecule has 0 saturated carbocycles. The van der Waals surface area contributed by atoms with Gasteiger partial charge in [0.25, 0.3) is 0 Å². The lowest BCUT2D eigenvalue weighted by atomic mass is 9.93. The van der Waals surface area contributed by atoms with Crippen LogP contribution in [0.3, 0.4) is 0 Å². The molecular weight excluding hydrogens is 310 g/mol. The highest BCUT2D eigenvalue weighted by molar-refractivity contribution is 5.90. The molecule has 4 heteroatoms. The van der Waals surface area contributed by atoms with Crippen LogP contribution in [0, 0.1) is 25.7 Å². The van der Waals surface area contributed by atoms with E-state index in [9.17, 15) is 4.79 Å². The van der Waals surface area contributed by atoms with Crippen molar-refractivity contribution >= 4 is 11.7 Å². The number of piperidine rings is 2. The summed E-state index contributed by atoms with van der Waals surface area (Å²) in [7, 11) is 0. The maximum Gasteiger partial charge on any atom is 0.321 e. The summed E-state index contributed by atoms with van der Waals surface area (Å²) in [6, 6.07) is 6.13. The minimum absolute atomic E-state index is 0.0546. The number of hydrogen-bond acceptors (Lipinski definition) is 2. The van der Waals surface area contributed by atoms with Gasteiger partial charge in [-0.3, -0.25) is 0 Å². The summed E-state index contributed by atoms with van der Waals surface area (Å²) in [4.78, 5) is 17.2. The lowest BCUT2D eigenvalue weighted by molar-refractivity contribution is 0.130. The van der Waals surface area contributed by atoms with Crippen molar-refractivity contribution in [3.05, 3.63) is 29.3 Å². The van der Waals surface area contributed by atoms with Gasteiger partial charge in [0.15, 0.2) is 0 Å². The molecule has 0 bridgehead atoms. The smallest absolute Gasteiger partial charge is 0.321 e. The summed E-state index contributed by atoms with van der Waals surface area (Å²) in [5.74, 6) is 1.64. The van der Waals surface area contributed by atoms with Gasteiger partial charge in [-0.1, -0.05) is 19.1 Å². The fraction of sp³-hybridized carbons (Fsp3) is 0.667. The molecule has 0 unspecified atom stereocenters. The zero-order valence-corrected chi connectivity index (χ0v) is 16.1. The maximum absolute atomic E-state index is 12.6. The number of rotatable bonds is 3. The summed E-state index contributed by atoms with van der Waals surface area (Å²) in [5.41, 5.74) is 3.31. The average molecular weight is 344 g/mol. The molecule has 2 amide bonds. The van der Waals surface area contributed by atoms with E-state index in [1.54, 1.807) is 0 Å². The van der Waals surface area contributed by atoms with Crippen molar-refractivity contribution in [1.29, 1.82) is 0 Å². The third kappa shape index (κ3) is 4.75. The van der Waals surface area contributed by atoms with Crippen molar-refractivity contribution in [3.63, 3.8) is 0 Å². The Balaban J connectivity index is 1.45. The molecule has 1 N–H and O–H groups in total. The Bertz CT molecular complexity index is 585. The van der Waals surface area contributed by atoms with Crippen LogP contribution in [0.5, 0.6) is 0 Å². The Morgan fingerprint density at radius 3 is 2.44 bits per heavy atom. The largest absolute Gasteiger partial charge is 0.325 e. The highest BCUT2D eigenvalue weighted by Gasteiger charge is 2.25. The fourth-order valence-electron chi connectivity index (χ4n) is 4.01. The van der Waals surface area contributed by atoms with E-state index in [0.717, 1.165) is 49.0 Å². The highest BCUT2D eigenvalue weighted by atomic mass is 16.2. The second-order valence-electron chi connectivity index (χ2n) is 8.09. The third-order valence-electron chi connectivity index (χ3n) is 6.14. The minimum Gasteiger partial charge on any atom is -0.325 e. The topological polar surface area (TPSA) is 35.6 Å². The molecule has 3 rings (SSSR count). The first-order valence-electron chi connectivity index (χ1n) is 9.87. The van der Waals surface area contributed by atoms with Gasteiger partial charge in [0, 0.05) is 25.3 Å². The molecule has 2 aliphatic heterocycles. The molecular formula is C21H33N3O. The summed E-state index contributed by atoms with van der Waals surface area (Å²) in [5, 5.41) is 3.10. The molecule has 25 heavy (non-hydrogen) atoms. The normalized spacial score (nSPS) is 20.7. The molecule has 0 aliphatic carbocycles. The van der Waals surface area contributed by atoms with E-state index in [0.29, 0.717) is 0 Å². The van der Waals surface area contributed by atoms with E-state index in [4.69, 9.17) is 0 Å². The van der Waals surface area contributed by atoms with Crippen molar-refractivity contribution in [3.8, 4) is 0 Å². The Morgan fingerprint density at radius 1 is 1.08 bits per heavy atom. The van der Waals surface area contributed by atoms with Crippen molar-refractivity contribution in [2.45, 2.75) is 46.5 Å². The second kappa shape index (κ2) is 8.22. The molecule has 0 radical (unpaired) electrons. The van der Waals surface area contributed by atoms with Gasteiger partial charge in [-0.15, -0.1) is 0 Å². The summed E-state index contributed by atoms with van der Waals surface area (Å²) >= 11 is 0. The lowest BCUT2D eigenvalue weighted by Gasteiger charge is -2.37. The first-order valence-corrected chi connectivity index (χ1v) is 9.87. The van der Waals surface area contributed by atoms with Crippen LogP contribution < -0.4 is 5.32 Å². The van der Waals surface area contributed by atoms with Gasteiger partial charge < -0.3 is 15.1 Å². The minimum atomic E-state index is 0.0546. The predicted molar refractivity (Wildman–Crippen MR) is 104 cm³/mol. The third-order valence-corrected chi connectivity index (χ3v) is 6.14. The predicted octanol–water partition coefficient (Wildman–Crippen LogP) is 4.28. The van der Waals surface area contributed by atoms with Crippen LogP contribution in [-0.2, 0) is 0 Å². The number of urea groups is 1. The quantitative estimate of drug-likeness (QED) is 0.889. The van der Waals surface area contributed by atoms with E-state index < -0.39 is 0 Å². The zero-order chi connectivity index (χ0) is 17.8. The molecule has 2 saturated heterocycles. The number of anilines is 1. The van der Waals surface area contributed by atoms with Gasteiger partial charge in [-0.2, -0.15) is 0 Å². The molecule has 1 aromatic rings. The van der Waals surface area contributed by atoms with E-state index in [1.807, 2.05) is 17.0 Å². The number of likely N-dealkylation sites (tertiary alicyclic amines) is 2. The van der Waals surface area contributed by atoms with Crippen LogP contribution in [0.15, 0.2) is 18.2 Å². The van der Waals surface area contributed by atoms with Crippen LogP contribution in [0.25, 0.3) is 0 Å². The Labute approximate surface area is 152 Å². The van der Waals surface area contributed by atoms with Gasteiger partial charge in [-0.25, -0.2) is 4.79 Å². The molecule has 0 atom stereocenters. The van der Waals surface area contributed by atoms with Crippen molar-refractivity contribution < 1.29 is 4.79 Å². The van der Waals surface area contributed by atoms with Crippen molar-refractivity contribution in [2.75, 3.05) is 38.0 Å². The van der Waals surface area contributed by atoms with E-state index in [2.05, 4.69) is 37.1 Å². The summed E-state index contributed by atoms with van der Waals surface area (Å²) in [6.07, 6.45) is 4.95. The van der Waals surface area contributed by atoms with Crippen molar-refractivity contribution in [1.82, 2.24) is 9.80 Å². The number of nitrogens with one attached hydrogen (secondary N) is 1. The zero-order valence-electron chi connectivity index (χ0n) is 16.1. The monoisotopic (exact) mass is 343 g/mol. The average Bonchev–Trinajstić information content (AvgIpc) is 2.61. The summed E-state index contributed by atoms with van der Waals surface area (Å²) < 4.78 is 0. The number of carbonyl (C=O) groups excluding carboxylic acids is 1. The van der Waals surface area contributed by atoms with Crippen LogP contribution in [0.4, 0.5) is 10.5 Å².